The molecule has 2 aromatic carbocycles. The maximum absolute atomic E-state index is 13.2. The van der Waals surface area contributed by atoms with Gasteiger partial charge >= 0.3 is 0 Å². The van der Waals surface area contributed by atoms with Crippen molar-refractivity contribution < 1.29 is 18.7 Å². The predicted molar refractivity (Wildman–Crippen MR) is 93.0 cm³/mol. The predicted octanol–water partition coefficient (Wildman–Crippen LogP) is 2.74. The quantitative estimate of drug-likeness (QED) is 0.735. The number of nitrogens with one attached hydrogen (secondary N) is 1. The van der Waals surface area contributed by atoms with Crippen molar-refractivity contribution in [3.8, 4) is 11.5 Å². The standard InChI is InChI=1S/C18H17FN4O3/c1-25-15-7-13(8-16(9-15)26-2)17(24)21-18-20-11-23(22-18)10-12-4-3-5-14(19)6-12/h3-9,11H,10H2,1-2H3,(H,21,22,24). The number of amides is 1. The van der Waals surface area contributed by atoms with Gasteiger partial charge in [0.1, 0.15) is 23.6 Å². The first kappa shape index (κ1) is 17.4. The van der Waals surface area contributed by atoms with Crippen molar-refractivity contribution in [2.45, 2.75) is 6.54 Å². The van der Waals surface area contributed by atoms with Crippen molar-refractivity contribution in [1.82, 2.24) is 14.8 Å². The molecular formula is C18H17FN4O3. The zero-order valence-electron chi connectivity index (χ0n) is 14.3. The first-order valence-electron chi connectivity index (χ1n) is 7.75. The lowest BCUT2D eigenvalue weighted by Gasteiger charge is -2.07. The summed E-state index contributed by atoms with van der Waals surface area (Å²) in [5.41, 5.74) is 1.09. The van der Waals surface area contributed by atoms with Crippen LogP contribution in [0.4, 0.5) is 10.3 Å². The lowest BCUT2D eigenvalue weighted by atomic mass is 10.2. The molecule has 3 rings (SSSR count). The first-order valence-corrected chi connectivity index (χ1v) is 7.75. The number of carbonyl (C=O) groups is 1. The average molecular weight is 356 g/mol. The number of methoxy groups -OCH3 is 2. The van der Waals surface area contributed by atoms with E-state index in [1.165, 1.54) is 37.4 Å². The Morgan fingerprint density at radius 1 is 1.15 bits per heavy atom. The minimum Gasteiger partial charge on any atom is -0.497 e. The highest BCUT2D eigenvalue weighted by Crippen LogP contribution is 2.23. The lowest BCUT2D eigenvalue weighted by molar-refractivity contribution is 0.102. The molecular weight excluding hydrogens is 339 g/mol. The van der Waals surface area contributed by atoms with E-state index in [0.29, 0.717) is 23.6 Å². The fraction of sp³-hybridized carbons (Fsp3) is 0.167. The van der Waals surface area contributed by atoms with Crippen molar-refractivity contribution in [1.29, 1.82) is 0 Å². The Kier molecular flexibility index (Phi) is 5.12. The Bertz CT molecular complexity index is 904. The van der Waals surface area contributed by atoms with Crippen LogP contribution in [0.3, 0.4) is 0 Å². The summed E-state index contributed by atoms with van der Waals surface area (Å²) >= 11 is 0. The molecule has 0 fully saturated rings. The molecule has 0 unspecified atom stereocenters. The number of rotatable bonds is 6. The van der Waals surface area contributed by atoms with Gasteiger partial charge in [-0.2, -0.15) is 0 Å². The highest BCUT2D eigenvalue weighted by atomic mass is 19.1. The summed E-state index contributed by atoms with van der Waals surface area (Å²) in [5.74, 6) is 0.431. The SMILES string of the molecule is COc1cc(OC)cc(C(=O)Nc2ncn(Cc3cccc(F)c3)n2)c1. The Hall–Kier alpha value is -3.42. The van der Waals surface area contributed by atoms with E-state index in [1.54, 1.807) is 30.3 Å². The van der Waals surface area contributed by atoms with E-state index >= 15 is 0 Å². The molecule has 0 bridgehead atoms. The molecule has 0 aliphatic heterocycles. The van der Waals surface area contributed by atoms with E-state index in [0.717, 1.165) is 5.56 Å². The van der Waals surface area contributed by atoms with Gasteiger partial charge in [-0.25, -0.2) is 14.1 Å². The van der Waals surface area contributed by atoms with E-state index in [2.05, 4.69) is 15.4 Å². The third kappa shape index (κ3) is 4.15. The van der Waals surface area contributed by atoms with Crippen molar-refractivity contribution in [3.05, 3.63) is 65.7 Å². The molecule has 0 saturated heterocycles. The van der Waals surface area contributed by atoms with Gasteiger partial charge in [0, 0.05) is 11.6 Å². The zero-order chi connectivity index (χ0) is 18.5. The zero-order valence-corrected chi connectivity index (χ0v) is 14.3. The number of benzene rings is 2. The van der Waals surface area contributed by atoms with Crippen LogP contribution in [0.1, 0.15) is 15.9 Å². The molecule has 7 nitrogen and oxygen atoms in total. The van der Waals surface area contributed by atoms with Gasteiger partial charge in [0.15, 0.2) is 0 Å². The van der Waals surface area contributed by atoms with Crippen LogP contribution in [-0.4, -0.2) is 34.9 Å². The first-order chi connectivity index (χ1) is 12.6. The summed E-state index contributed by atoms with van der Waals surface area (Å²) in [5, 5.41) is 6.79. The van der Waals surface area contributed by atoms with Crippen molar-refractivity contribution in [3.63, 3.8) is 0 Å². The van der Waals surface area contributed by atoms with Crippen LogP contribution in [0.15, 0.2) is 48.8 Å². The topological polar surface area (TPSA) is 78.3 Å². The average Bonchev–Trinajstić information content (AvgIpc) is 3.07. The van der Waals surface area contributed by atoms with Crippen LogP contribution in [0, 0.1) is 5.82 Å². The Morgan fingerprint density at radius 2 is 1.88 bits per heavy atom. The Balaban J connectivity index is 1.71. The number of hydrogen-bond donors (Lipinski definition) is 1. The van der Waals surface area contributed by atoms with Crippen LogP contribution in [-0.2, 0) is 6.54 Å². The van der Waals surface area contributed by atoms with Gasteiger partial charge in [0.25, 0.3) is 5.91 Å². The molecule has 1 N–H and O–H groups in total. The smallest absolute Gasteiger partial charge is 0.258 e. The molecule has 0 spiro atoms. The van der Waals surface area contributed by atoms with Crippen LogP contribution in [0.5, 0.6) is 11.5 Å². The third-order valence-corrected chi connectivity index (χ3v) is 3.61. The number of ether oxygens (including phenoxy) is 2. The number of hydrogen-bond acceptors (Lipinski definition) is 5. The van der Waals surface area contributed by atoms with Crippen LogP contribution < -0.4 is 14.8 Å². The van der Waals surface area contributed by atoms with Gasteiger partial charge in [-0.15, -0.1) is 5.10 Å². The van der Waals surface area contributed by atoms with Gasteiger partial charge < -0.3 is 9.47 Å². The summed E-state index contributed by atoms with van der Waals surface area (Å²) < 4.78 is 25.0. The molecule has 1 aromatic heterocycles. The highest BCUT2D eigenvalue weighted by Gasteiger charge is 2.12. The van der Waals surface area contributed by atoms with E-state index in [9.17, 15) is 9.18 Å². The lowest BCUT2D eigenvalue weighted by Crippen LogP contribution is -2.14. The monoisotopic (exact) mass is 356 g/mol. The maximum Gasteiger partial charge on any atom is 0.258 e. The molecule has 0 radical (unpaired) electrons. The van der Waals surface area contributed by atoms with E-state index in [1.807, 2.05) is 0 Å². The summed E-state index contributed by atoms with van der Waals surface area (Å²) in [4.78, 5) is 16.5. The second-order valence-electron chi connectivity index (χ2n) is 5.45. The molecule has 0 atom stereocenters. The van der Waals surface area contributed by atoms with Crippen LogP contribution in [0.25, 0.3) is 0 Å². The minimum atomic E-state index is -0.397. The van der Waals surface area contributed by atoms with Crippen molar-refractivity contribution >= 4 is 11.9 Å². The molecule has 0 aliphatic carbocycles. The third-order valence-electron chi connectivity index (χ3n) is 3.61. The minimum absolute atomic E-state index is 0.146. The van der Waals surface area contributed by atoms with Crippen molar-refractivity contribution in [2.24, 2.45) is 0 Å². The Labute approximate surface area is 149 Å². The van der Waals surface area contributed by atoms with E-state index in [4.69, 9.17) is 9.47 Å². The number of halogens is 1. The molecule has 26 heavy (non-hydrogen) atoms. The maximum atomic E-state index is 13.2. The van der Waals surface area contributed by atoms with Gasteiger partial charge in [0.05, 0.1) is 20.8 Å². The second kappa shape index (κ2) is 7.64. The number of nitrogens with zero attached hydrogens (tertiary/aromatic N) is 3. The number of anilines is 1. The van der Waals surface area contributed by atoms with E-state index in [-0.39, 0.29) is 11.8 Å². The number of carbonyl (C=O) groups excluding carboxylic acids is 1. The van der Waals surface area contributed by atoms with Crippen molar-refractivity contribution in [2.75, 3.05) is 19.5 Å². The molecule has 1 heterocycles. The summed E-state index contributed by atoms with van der Waals surface area (Å²) in [6.45, 7) is 0.341. The summed E-state index contributed by atoms with van der Waals surface area (Å²) in [7, 11) is 3.01. The summed E-state index contributed by atoms with van der Waals surface area (Å²) in [6, 6.07) is 11.0. The fourth-order valence-corrected chi connectivity index (χ4v) is 2.36. The largest absolute Gasteiger partial charge is 0.497 e. The van der Waals surface area contributed by atoms with Crippen LogP contribution >= 0.6 is 0 Å². The van der Waals surface area contributed by atoms with Gasteiger partial charge in [-0.1, -0.05) is 12.1 Å². The van der Waals surface area contributed by atoms with Gasteiger partial charge in [0.2, 0.25) is 5.95 Å². The van der Waals surface area contributed by atoms with E-state index < -0.39 is 5.91 Å². The second-order valence-corrected chi connectivity index (χ2v) is 5.45. The molecule has 1 amide bonds. The summed E-state index contributed by atoms with van der Waals surface area (Å²) in [6.07, 6.45) is 1.46. The van der Waals surface area contributed by atoms with Gasteiger partial charge in [-0.3, -0.25) is 10.1 Å². The normalized spacial score (nSPS) is 10.4. The number of aromatic nitrogens is 3. The Morgan fingerprint density at radius 3 is 2.54 bits per heavy atom. The highest BCUT2D eigenvalue weighted by molar-refractivity contribution is 6.03. The molecule has 3 aromatic rings. The molecule has 8 heteroatoms. The molecule has 134 valence electrons. The molecule has 0 aliphatic rings. The van der Waals surface area contributed by atoms with Gasteiger partial charge in [-0.05, 0) is 29.8 Å². The van der Waals surface area contributed by atoms with Crippen LogP contribution in [0.2, 0.25) is 0 Å². The molecule has 0 saturated carbocycles. The fourth-order valence-electron chi connectivity index (χ4n) is 2.36.